The molecule has 2 aromatic rings. The number of benzene rings is 1. The summed E-state index contributed by atoms with van der Waals surface area (Å²) < 4.78 is 15.0. The highest BCUT2D eigenvalue weighted by Gasteiger charge is 2.22. The van der Waals surface area contributed by atoms with Gasteiger partial charge in [0.1, 0.15) is 5.82 Å². The summed E-state index contributed by atoms with van der Waals surface area (Å²) in [5, 5.41) is 7.35. The number of piperidine rings is 1. The second-order valence-corrected chi connectivity index (χ2v) is 6.88. The quantitative estimate of drug-likeness (QED) is 0.907. The lowest BCUT2D eigenvalue weighted by atomic mass is 9.97. The van der Waals surface area contributed by atoms with Crippen LogP contribution in [0.5, 0.6) is 0 Å². The molecule has 0 aliphatic carbocycles. The van der Waals surface area contributed by atoms with Crippen LogP contribution in [0.3, 0.4) is 0 Å². The molecule has 2 heterocycles. The van der Waals surface area contributed by atoms with Crippen LogP contribution in [-0.2, 0) is 11.3 Å². The van der Waals surface area contributed by atoms with Gasteiger partial charge in [0, 0.05) is 17.9 Å². The summed E-state index contributed by atoms with van der Waals surface area (Å²) in [7, 11) is 0. The number of rotatable bonds is 5. The average molecular weight is 344 g/mol. The molecular formula is C19H25FN4O. The third-order valence-corrected chi connectivity index (χ3v) is 4.74. The number of aromatic nitrogens is 2. The minimum atomic E-state index is -0.303. The second kappa shape index (κ2) is 7.78. The monoisotopic (exact) mass is 344 g/mol. The topological polar surface area (TPSA) is 50.2 Å². The minimum absolute atomic E-state index is 0.0522. The van der Waals surface area contributed by atoms with Gasteiger partial charge in [0.15, 0.2) is 0 Å². The van der Waals surface area contributed by atoms with E-state index in [1.54, 1.807) is 12.1 Å². The zero-order chi connectivity index (χ0) is 17.8. The third kappa shape index (κ3) is 4.89. The van der Waals surface area contributed by atoms with Crippen LogP contribution in [0.2, 0.25) is 0 Å². The normalized spacial score (nSPS) is 16.1. The first-order valence-corrected chi connectivity index (χ1v) is 8.78. The van der Waals surface area contributed by atoms with Crippen molar-refractivity contribution in [3.8, 4) is 0 Å². The Morgan fingerprint density at radius 2 is 1.92 bits per heavy atom. The minimum Gasteiger partial charge on any atom is -0.325 e. The molecule has 0 bridgehead atoms. The van der Waals surface area contributed by atoms with E-state index < -0.39 is 0 Å². The molecule has 134 valence electrons. The molecule has 6 heteroatoms. The summed E-state index contributed by atoms with van der Waals surface area (Å²) in [4.78, 5) is 14.3. The lowest BCUT2D eigenvalue weighted by Crippen LogP contribution is -2.40. The number of hydrogen-bond acceptors (Lipinski definition) is 3. The Bertz CT molecular complexity index is 718. The third-order valence-electron chi connectivity index (χ3n) is 4.74. The lowest BCUT2D eigenvalue weighted by Gasteiger charge is -2.31. The Labute approximate surface area is 147 Å². The number of likely N-dealkylation sites (tertiary alicyclic amines) is 1. The van der Waals surface area contributed by atoms with Gasteiger partial charge in [0.05, 0.1) is 12.2 Å². The zero-order valence-electron chi connectivity index (χ0n) is 14.8. The first kappa shape index (κ1) is 17.6. The number of carbonyl (C=O) groups is 1. The summed E-state index contributed by atoms with van der Waals surface area (Å²) in [6.45, 7) is 7.28. The van der Waals surface area contributed by atoms with Gasteiger partial charge in [-0.3, -0.25) is 14.4 Å². The average Bonchev–Trinajstić information content (AvgIpc) is 2.89. The fraction of sp³-hybridized carbons (Fsp3) is 0.474. The van der Waals surface area contributed by atoms with Crippen molar-refractivity contribution < 1.29 is 9.18 Å². The highest BCUT2D eigenvalue weighted by Crippen LogP contribution is 2.20. The second-order valence-electron chi connectivity index (χ2n) is 6.88. The molecule has 0 unspecified atom stereocenters. The van der Waals surface area contributed by atoms with Crippen LogP contribution in [0.4, 0.5) is 10.1 Å². The van der Waals surface area contributed by atoms with Crippen molar-refractivity contribution >= 4 is 11.6 Å². The van der Waals surface area contributed by atoms with Crippen LogP contribution >= 0.6 is 0 Å². The van der Waals surface area contributed by atoms with Crippen LogP contribution in [0, 0.1) is 25.6 Å². The first-order chi connectivity index (χ1) is 12.0. The molecule has 1 saturated heterocycles. The Balaban J connectivity index is 1.43. The van der Waals surface area contributed by atoms with E-state index in [-0.39, 0.29) is 11.7 Å². The molecule has 1 fully saturated rings. The number of halogens is 1. The molecule has 1 aromatic carbocycles. The zero-order valence-corrected chi connectivity index (χ0v) is 14.8. The SMILES string of the molecule is Cc1cc(C)n(CC2CCN(CC(=O)Nc3ccc(F)cc3)CC2)n1. The maximum atomic E-state index is 12.9. The number of anilines is 1. The van der Waals surface area contributed by atoms with Crippen LogP contribution in [0.1, 0.15) is 24.2 Å². The van der Waals surface area contributed by atoms with E-state index in [4.69, 9.17) is 0 Å². The number of carbonyl (C=O) groups excluding carboxylic acids is 1. The number of nitrogens with zero attached hydrogens (tertiary/aromatic N) is 3. The molecule has 1 aromatic heterocycles. The Morgan fingerprint density at radius 1 is 1.24 bits per heavy atom. The summed E-state index contributed by atoms with van der Waals surface area (Å²) in [5.74, 6) is 0.251. The maximum absolute atomic E-state index is 12.9. The van der Waals surface area contributed by atoms with Gasteiger partial charge in [0.2, 0.25) is 5.91 Å². The summed E-state index contributed by atoms with van der Waals surface area (Å²) in [6.07, 6.45) is 2.14. The number of nitrogens with one attached hydrogen (secondary N) is 1. The van der Waals surface area contributed by atoms with E-state index in [1.165, 1.54) is 17.8 Å². The predicted octanol–water partition coefficient (Wildman–Crippen LogP) is 2.99. The van der Waals surface area contributed by atoms with Gasteiger partial charge in [-0.25, -0.2) is 4.39 Å². The fourth-order valence-corrected chi connectivity index (χ4v) is 3.37. The van der Waals surface area contributed by atoms with Gasteiger partial charge in [-0.1, -0.05) is 0 Å². The summed E-state index contributed by atoms with van der Waals surface area (Å²) in [6, 6.07) is 7.96. The van der Waals surface area contributed by atoms with E-state index in [0.29, 0.717) is 18.2 Å². The Morgan fingerprint density at radius 3 is 2.52 bits per heavy atom. The van der Waals surface area contributed by atoms with E-state index in [0.717, 1.165) is 38.2 Å². The summed E-state index contributed by atoms with van der Waals surface area (Å²) >= 11 is 0. The molecule has 1 N–H and O–H groups in total. The molecule has 0 saturated carbocycles. The maximum Gasteiger partial charge on any atom is 0.238 e. The molecule has 5 nitrogen and oxygen atoms in total. The predicted molar refractivity (Wildman–Crippen MR) is 95.9 cm³/mol. The largest absolute Gasteiger partial charge is 0.325 e. The van der Waals surface area contributed by atoms with Gasteiger partial charge in [-0.2, -0.15) is 5.10 Å². The molecule has 1 aliphatic rings. The van der Waals surface area contributed by atoms with Crippen molar-refractivity contribution in [3.63, 3.8) is 0 Å². The first-order valence-electron chi connectivity index (χ1n) is 8.78. The van der Waals surface area contributed by atoms with Gasteiger partial charge in [-0.15, -0.1) is 0 Å². The molecule has 0 atom stereocenters. The number of aryl methyl sites for hydroxylation is 2. The van der Waals surface area contributed by atoms with Crippen LogP contribution in [-0.4, -0.2) is 40.2 Å². The number of hydrogen-bond donors (Lipinski definition) is 1. The molecule has 1 amide bonds. The lowest BCUT2D eigenvalue weighted by molar-refractivity contribution is -0.117. The van der Waals surface area contributed by atoms with Crippen LogP contribution in [0.25, 0.3) is 0 Å². The van der Waals surface area contributed by atoms with Crippen molar-refractivity contribution in [2.24, 2.45) is 5.92 Å². The molecule has 0 spiro atoms. The van der Waals surface area contributed by atoms with Crippen LogP contribution < -0.4 is 5.32 Å². The number of amides is 1. The van der Waals surface area contributed by atoms with Gasteiger partial charge in [0.25, 0.3) is 0 Å². The van der Waals surface area contributed by atoms with Gasteiger partial charge >= 0.3 is 0 Å². The van der Waals surface area contributed by atoms with Gasteiger partial charge < -0.3 is 5.32 Å². The highest BCUT2D eigenvalue weighted by atomic mass is 19.1. The summed E-state index contributed by atoms with van der Waals surface area (Å²) in [5.41, 5.74) is 2.90. The smallest absolute Gasteiger partial charge is 0.238 e. The Kier molecular flexibility index (Phi) is 5.48. The van der Waals surface area contributed by atoms with Crippen LogP contribution in [0.15, 0.2) is 30.3 Å². The molecular weight excluding hydrogens is 319 g/mol. The van der Waals surface area contributed by atoms with Crippen molar-refractivity contribution in [1.82, 2.24) is 14.7 Å². The van der Waals surface area contributed by atoms with E-state index in [2.05, 4.69) is 33.0 Å². The standard InChI is InChI=1S/C19H25FN4O/c1-14-11-15(2)24(22-14)12-16-7-9-23(10-8-16)13-19(25)21-18-5-3-17(20)4-6-18/h3-6,11,16H,7-10,12-13H2,1-2H3,(H,21,25). The van der Waals surface area contributed by atoms with Crippen molar-refractivity contribution in [1.29, 1.82) is 0 Å². The van der Waals surface area contributed by atoms with E-state index in [9.17, 15) is 9.18 Å². The van der Waals surface area contributed by atoms with Gasteiger partial charge in [-0.05, 0) is 76.0 Å². The Hall–Kier alpha value is -2.21. The van der Waals surface area contributed by atoms with Crippen molar-refractivity contribution in [3.05, 3.63) is 47.5 Å². The molecule has 1 aliphatic heterocycles. The van der Waals surface area contributed by atoms with E-state index >= 15 is 0 Å². The molecule has 25 heavy (non-hydrogen) atoms. The van der Waals surface area contributed by atoms with E-state index in [1.807, 2.05) is 6.92 Å². The fourth-order valence-electron chi connectivity index (χ4n) is 3.37. The highest BCUT2D eigenvalue weighted by molar-refractivity contribution is 5.92. The molecule has 0 radical (unpaired) electrons. The van der Waals surface area contributed by atoms with Crippen molar-refractivity contribution in [2.45, 2.75) is 33.2 Å². The molecule has 3 rings (SSSR count). The van der Waals surface area contributed by atoms with Crippen molar-refractivity contribution in [2.75, 3.05) is 25.0 Å².